The Morgan fingerprint density at radius 2 is 1.80 bits per heavy atom. The highest BCUT2D eigenvalue weighted by molar-refractivity contribution is 7.92. The van der Waals surface area contributed by atoms with Crippen LogP contribution in [-0.4, -0.2) is 69.1 Å². The van der Waals surface area contributed by atoms with Gasteiger partial charge in [0, 0.05) is 32.2 Å². The predicted octanol–water partition coefficient (Wildman–Crippen LogP) is 1.28. The van der Waals surface area contributed by atoms with Crippen LogP contribution in [0.3, 0.4) is 0 Å². The summed E-state index contributed by atoms with van der Waals surface area (Å²) < 4.78 is 51.9. The van der Waals surface area contributed by atoms with E-state index >= 15 is 0 Å². The number of rotatable bonds is 5. The number of carbonyl (C=O) groups excluding carboxylic acids is 1. The normalized spacial score (nSPS) is 17.4. The molecule has 0 aromatic heterocycles. The molecule has 0 aliphatic carbocycles. The molecule has 1 amide bonds. The Balaban J connectivity index is 2.26. The van der Waals surface area contributed by atoms with Crippen molar-refractivity contribution in [3.8, 4) is 0 Å². The van der Waals surface area contributed by atoms with Crippen molar-refractivity contribution < 1.29 is 22.0 Å². The Kier molecular flexibility index (Phi) is 5.99. The first-order valence-electron chi connectivity index (χ1n) is 8.10. The molecule has 1 aliphatic rings. The van der Waals surface area contributed by atoms with E-state index in [1.54, 1.807) is 4.90 Å². The van der Waals surface area contributed by atoms with E-state index in [2.05, 4.69) is 4.90 Å². The molecule has 1 aliphatic heterocycles. The zero-order valence-electron chi connectivity index (χ0n) is 14.6. The zero-order valence-corrected chi connectivity index (χ0v) is 15.4. The van der Waals surface area contributed by atoms with Gasteiger partial charge in [0.15, 0.2) is 11.6 Å². The summed E-state index contributed by atoms with van der Waals surface area (Å²) in [5, 5.41) is 0. The van der Waals surface area contributed by atoms with Crippen LogP contribution in [0.5, 0.6) is 0 Å². The van der Waals surface area contributed by atoms with E-state index in [1.807, 2.05) is 6.92 Å². The van der Waals surface area contributed by atoms with Crippen LogP contribution < -0.4 is 4.31 Å². The van der Waals surface area contributed by atoms with Crippen LogP contribution in [-0.2, 0) is 14.8 Å². The van der Waals surface area contributed by atoms with Crippen molar-refractivity contribution >= 4 is 21.6 Å². The van der Waals surface area contributed by atoms with Crippen molar-refractivity contribution in [2.45, 2.75) is 19.9 Å². The molecule has 1 saturated heterocycles. The molecule has 0 saturated carbocycles. The third-order valence-electron chi connectivity index (χ3n) is 4.36. The van der Waals surface area contributed by atoms with E-state index in [0.717, 1.165) is 48.4 Å². The first-order chi connectivity index (χ1) is 11.6. The maximum absolute atomic E-state index is 13.5. The summed E-state index contributed by atoms with van der Waals surface area (Å²) in [5.74, 6) is -2.60. The van der Waals surface area contributed by atoms with Crippen LogP contribution in [0.2, 0.25) is 0 Å². The van der Waals surface area contributed by atoms with Crippen LogP contribution in [0.4, 0.5) is 14.5 Å². The molecule has 2 rings (SSSR count). The minimum Gasteiger partial charge on any atom is -0.338 e. The van der Waals surface area contributed by atoms with Gasteiger partial charge >= 0.3 is 0 Å². The highest BCUT2D eigenvalue weighted by Crippen LogP contribution is 2.24. The number of carbonyl (C=O) groups is 1. The summed E-state index contributed by atoms with van der Waals surface area (Å²) in [6.07, 6.45) is 0.938. The van der Waals surface area contributed by atoms with Gasteiger partial charge in [0.2, 0.25) is 15.9 Å². The van der Waals surface area contributed by atoms with Crippen molar-refractivity contribution in [2.75, 3.05) is 43.3 Å². The first kappa shape index (κ1) is 19.6. The topological polar surface area (TPSA) is 60.9 Å². The van der Waals surface area contributed by atoms with Crippen molar-refractivity contribution in [3.63, 3.8) is 0 Å². The Hall–Kier alpha value is -1.74. The third kappa shape index (κ3) is 4.46. The van der Waals surface area contributed by atoms with Crippen molar-refractivity contribution in [3.05, 3.63) is 29.8 Å². The fraction of sp³-hybridized carbons (Fsp3) is 0.562. The molecular formula is C16H23F2N3O3S. The molecule has 0 unspecified atom stereocenters. The summed E-state index contributed by atoms with van der Waals surface area (Å²) in [6.45, 7) is 6.84. The maximum Gasteiger partial charge on any atom is 0.246 e. The summed E-state index contributed by atoms with van der Waals surface area (Å²) >= 11 is 0. The van der Waals surface area contributed by atoms with Gasteiger partial charge in [0.05, 0.1) is 11.9 Å². The number of nitrogens with zero attached hydrogens (tertiary/aromatic N) is 3. The molecule has 0 bridgehead atoms. The standard InChI is InChI=1S/C16H23F2N3O3S/c1-4-19-7-9-20(10-8-19)16(22)12(2)21(25(3,23)24)13-5-6-14(17)15(18)11-13/h5-6,11-12H,4,7-10H2,1-3H3/t12-/m1/s1. The van der Waals surface area contributed by atoms with E-state index in [1.165, 1.54) is 6.92 Å². The van der Waals surface area contributed by atoms with Gasteiger partial charge in [-0.15, -0.1) is 0 Å². The number of halogens is 2. The van der Waals surface area contributed by atoms with Gasteiger partial charge in [0.25, 0.3) is 0 Å². The van der Waals surface area contributed by atoms with Gasteiger partial charge in [-0.3, -0.25) is 9.10 Å². The Bertz CT molecular complexity index is 734. The minimum atomic E-state index is -3.86. The van der Waals surface area contributed by atoms with E-state index in [-0.39, 0.29) is 11.6 Å². The predicted molar refractivity (Wildman–Crippen MR) is 91.8 cm³/mol. The van der Waals surface area contributed by atoms with Gasteiger partial charge < -0.3 is 9.80 Å². The Morgan fingerprint density at radius 1 is 1.20 bits per heavy atom. The number of likely N-dealkylation sites (N-methyl/N-ethyl adjacent to an activating group) is 1. The largest absolute Gasteiger partial charge is 0.338 e. The van der Waals surface area contributed by atoms with E-state index < -0.39 is 27.7 Å². The number of hydrogen-bond acceptors (Lipinski definition) is 4. The van der Waals surface area contributed by atoms with Crippen LogP contribution in [0.1, 0.15) is 13.8 Å². The molecule has 0 radical (unpaired) electrons. The molecule has 140 valence electrons. The monoisotopic (exact) mass is 375 g/mol. The summed E-state index contributed by atoms with van der Waals surface area (Å²) in [7, 11) is -3.86. The van der Waals surface area contributed by atoms with Gasteiger partial charge in [-0.25, -0.2) is 17.2 Å². The molecule has 1 fully saturated rings. The molecule has 1 aromatic carbocycles. The summed E-state index contributed by atoms with van der Waals surface area (Å²) in [4.78, 5) is 16.5. The number of hydrogen-bond donors (Lipinski definition) is 0. The second kappa shape index (κ2) is 7.65. The molecule has 1 atom stereocenters. The number of sulfonamides is 1. The lowest BCUT2D eigenvalue weighted by Crippen LogP contribution is -2.55. The average Bonchev–Trinajstić information content (AvgIpc) is 2.56. The molecular weight excluding hydrogens is 352 g/mol. The number of piperazine rings is 1. The molecule has 6 nitrogen and oxygen atoms in total. The summed E-state index contributed by atoms with van der Waals surface area (Å²) in [5.41, 5.74) is -0.0746. The lowest BCUT2D eigenvalue weighted by molar-refractivity contribution is -0.133. The minimum absolute atomic E-state index is 0.0746. The Labute approximate surface area is 147 Å². The number of amides is 1. The highest BCUT2D eigenvalue weighted by Gasteiger charge is 2.33. The molecule has 1 aromatic rings. The van der Waals surface area contributed by atoms with Crippen LogP contribution >= 0.6 is 0 Å². The molecule has 25 heavy (non-hydrogen) atoms. The smallest absolute Gasteiger partial charge is 0.246 e. The fourth-order valence-electron chi connectivity index (χ4n) is 2.97. The third-order valence-corrected chi connectivity index (χ3v) is 5.60. The highest BCUT2D eigenvalue weighted by atomic mass is 32.2. The lowest BCUT2D eigenvalue weighted by Gasteiger charge is -2.37. The zero-order chi connectivity index (χ0) is 18.8. The Morgan fingerprint density at radius 3 is 2.28 bits per heavy atom. The van der Waals surface area contributed by atoms with Crippen molar-refractivity contribution in [2.24, 2.45) is 0 Å². The van der Waals surface area contributed by atoms with Gasteiger partial charge in [0.1, 0.15) is 6.04 Å². The second-order valence-electron chi connectivity index (χ2n) is 6.09. The van der Waals surface area contributed by atoms with Crippen LogP contribution in [0.25, 0.3) is 0 Å². The van der Waals surface area contributed by atoms with Gasteiger partial charge in [-0.05, 0) is 25.6 Å². The quantitative estimate of drug-likeness (QED) is 0.778. The van der Waals surface area contributed by atoms with E-state index in [0.29, 0.717) is 13.1 Å². The number of benzene rings is 1. The molecule has 0 N–H and O–H groups in total. The average molecular weight is 375 g/mol. The van der Waals surface area contributed by atoms with E-state index in [9.17, 15) is 22.0 Å². The molecule has 1 heterocycles. The van der Waals surface area contributed by atoms with Gasteiger partial charge in [-0.1, -0.05) is 6.92 Å². The van der Waals surface area contributed by atoms with Crippen LogP contribution in [0, 0.1) is 11.6 Å². The SMILES string of the molecule is CCN1CCN(C(=O)[C@@H](C)N(c2ccc(F)c(F)c2)S(C)(=O)=O)CC1. The maximum atomic E-state index is 13.5. The number of anilines is 1. The summed E-state index contributed by atoms with van der Waals surface area (Å²) in [6, 6.07) is 1.74. The molecule has 9 heteroatoms. The van der Waals surface area contributed by atoms with Crippen LogP contribution in [0.15, 0.2) is 18.2 Å². The van der Waals surface area contributed by atoms with Crippen molar-refractivity contribution in [1.82, 2.24) is 9.80 Å². The second-order valence-corrected chi connectivity index (χ2v) is 7.95. The lowest BCUT2D eigenvalue weighted by atomic mass is 10.2. The van der Waals surface area contributed by atoms with E-state index in [4.69, 9.17) is 0 Å². The van der Waals surface area contributed by atoms with Gasteiger partial charge in [-0.2, -0.15) is 0 Å². The first-order valence-corrected chi connectivity index (χ1v) is 9.95. The molecule has 0 spiro atoms. The fourth-order valence-corrected chi connectivity index (χ4v) is 4.13. The van der Waals surface area contributed by atoms with Crippen molar-refractivity contribution in [1.29, 1.82) is 0 Å².